The topological polar surface area (TPSA) is 90.5 Å². The van der Waals surface area contributed by atoms with E-state index in [-0.39, 0.29) is 5.56 Å². The summed E-state index contributed by atoms with van der Waals surface area (Å²) in [4.78, 5) is 29.6. The van der Waals surface area contributed by atoms with Gasteiger partial charge < -0.3 is 10.6 Å². The van der Waals surface area contributed by atoms with Crippen LogP contribution in [-0.2, 0) is 20.6 Å². The maximum absolute atomic E-state index is 12.8. The van der Waals surface area contributed by atoms with E-state index in [4.69, 9.17) is 11.6 Å². The average molecular weight is 392 g/mol. The summed E-state index contributed by atoms with van der Waals surface area (Å²) in [5.74, 6) is 0.569. The van der Waals surface area contributed by atoms with Gasteiger partial charge in [-0.3, -0.25) is 18.5 Å². The molecule has 0 saturated heterocycles. The van der Waals surface area contributed by atoms with Crippen LogP contribution in [0, 0.1) is 0 Å². The Kier molecular flexibility index (Phi) is 5.67. The van der Waals surface area contributed by atoms with E-state index in [2.05, 4.69) is 15.6 Å². The third kappa shape index (κ3) is 3.77. The van der Waals surface area contributed by atoms with Crippen molar-refractivity contribution < 1.29 is 5.32 Å². The molecule has 0 fully saturated rings. The quantitative estimate of drug-likeness (QED) is 0.560. The second-order valence-electron chi connectivity index (χ2n) is 6.51. The first-order chi connectivity index (χ1) is 12.9. The van der Waals surface area contributed by atoms with Crippen LogP contribution in [0.1, 0.15) is 12.0 Å². The van der Waals surface area contributed by atoms with Crippen molar-refractivity contribution in [1.29, 1.82) is 0 Å². The van der Waals surface area contributed by atoms with Gasteiger partial charge in [-0.05, 0) is 17.7 Å². The standard InChI is InChI=1S/C18H23ClN6O2/c1-20-8-5-9-21-17-22-15-14(16(26)24(3)18(27)23(15)2)25(17)11-12-6-4-7-13(19)10-12/h4,6-7,10,20H,5,8-9,11H2,1-3H3,(H,21,22)/p+1. The van der Waals surface area contributed by atoms with Crippen molar-refractivity contribution in [3.05, 3.63) is 55.7 Å². The van der Waals surface area contributed by atoms with Crippen molar-refractivity contribution in [3.63, 3.8) is 0 Å². The molecule has 9 heteroatoms. The molecule has 1 aromatic carbocycles. The van der Waals surface area contributed by atoms with Gasteiger partial charge in [-0.25, -0.2) is 4.79 Å². The Morgan fingerprint density at radius 3 is 2.70 bits per heavy atom. The fourth-order valence-electron chi connectivity index (χ4n) is 3.06. The lowest BCUT2D eigenvalue weighted by molar-refractivity contribution is -0.626. The molecule has 3 N–H and O–H groups in total. The van der Waals surface area contributed by atoms with Crippen molar-refractivity contribution in [2.45, 2.75) is 13.0 Å². The summed E-state index contributed by atoms with van der Waals surface area (Å²) in [6.07, 6.45) is 0.952. The summed E-state index contributed by atoms with van der Waals surface area (Å²) < 4.78 is 4.32. The van der Waals surface area contributed by atoms with Crippen LogP contribution in [0.4, 0.5) is 5.95 Å². The van der Waals surface area contributed by atoms with Crippen LogP contribution in [-0.4, -0.2) is 38.8 Å². The van der Waals surface area contributed by atoms with E-state index in [0.29, 0.717) is 28.7 Å². The molecule has 0 amide bonds. The minimum absolute atomic E-state index is 0.363. The van der Waals surface area contributed by atoms with E-state index in [1.807, 2.05) is 29.8 Å². The van der Waals surface area contributed by atoms with Gasteiger partial charge in [0.15, 0.2) is 11.2 Å². The van der Waals surface area contributed by atoms with Crippen molar-refractivity contribution in [1.82, 2.24) is 18.7 Å². The molecule has 0 aliphatic rings. The van der Waals surface area contributed by atoms with Crippen LogP contribution >= 0.6 is 11.6 Å². The lowest BCUT2D eigenvalue weighted by Crippen LogP contribution is -2.79. The van der Waals surface area contributed by atoms with Crippen LogP contribution < -0.4 is 21.9 Å². The molecule has 27 heavy (non-hydrogen) atoms. The first kappa shape index (κ1) is 19.2. The van der Waals surface area contributed by atoms with Gasteiger partial charge in [0, 0.05) is 32.1 Å². The monoisotopic (exact) mass is 391 g/mol. The lowest BCUT2D eigenvalue weighted by atomic mass is 10.2. The van der Waals surface area contributed by atoms with Crippen LogP contribution in [0.2, 0.25) is 5.02 Å². The number of nitrogens with zero attached hydrogens (tertiary/aromatic N) is 4. The van der Waals surface area contributed by atoms with E-state index in [1.165, 1.54) is 11.6 Å². The SMILES string of the molecule is C[NH2+]CCCNc1nc2c(c(=O)n(C)c(=O)n2C)n1Cc1cccc(Cl)c1. The molecule has 0 unspecified atom stereocenters. The molecule has 144 valence electrons. The highest BCUT2D eigenvalue weighted by molar-refractivity contribution is 6.30. The van der Waals surface area contributed by atoms with Crippen molar-refractivity contribution in [2.75, 3.05) is 25.5 Å². The number of fused-ring (bicyclic) bond motifs is 1. The number of anilines is 1. The number of benzene rings is 1. The summed E-state index contributed by atoms with van der Waals surface area (Å²) in [5, 5.41) is 6.04. The van der Waals surface area contributed by atoms with Crippen LogP contribution in [0.5, 0.6) is 0 Å². The van der Waals surface area contributed by atoms with Gasteiger partial charge in [0.1, 0.15) is 0 Å². The average Bonchev–Trinajstić information content (AvgIpc) is 3.00. The summed E-state index contributed by atoms with van der Waals surface area (Å²) >= 11 is 6.11. The summed E-state index contributed by atoms with van der Waals surface area (Å²) in [6.45, 7) is 2.13. The number of hydrogen-bond acceptors (Lipinski definition) is 4. The van der Waals surface area contributed by atoms with Crippen molar-refractivity contribution in [3.8, 4) is 0 Å². The predicted octanol–water partition coefficient (Wildman–Crippen LogP) is 0.131. The molecule has 0 atom stereocenters. The highest BCUT2D eigenvalue weighted by atomic mass is 35.5. The second kappa shape index (κ2) is 7.98. The zero-order valence-electron chi connectivity index (χ0n) is 15.7. The summed E-state index contributed by atoms with van der Waals surface area (Å²) in [6, 6.07) is 7.48. The van der Waals surface area contributed by atoms with E-state index in [0.717, 1.165) is 29.6 Å². The summed E-state index contributed by atoms with van der Waals surface area (Å²) in [7, 11) is 5.12. The van der Waals surface area contributed by atoms with Gasteiger partial charge in [0.05, 0.1) is 20.1 Å². The molecule has 0 aliphatic carbocycles. The van der Waals surface area contributed by atoms with E-state index >= 15 is 0 Å². The number of imidazole rings is 1. The molecule has 2 aromatic heterocycles. The summed E-state index contributed by atoms with van der Waals surface area (Å²) in [5.41, 5.74) is 0.950. The Labute approximate surface area is 161 Å². The second-order valence-corrected chi connectivity index (χ2v) is 6.94. The Bertz CT molecular complexity index is 1080. The van der Waals surface area contributed by atoms with Gasteiger partial charge in [0.2, 0.25) is 5.95 Å². The number of aromatic nitrogens is 4. The zero-order chi connectivity index (χ0) is 19.6. The number of halogens is 1. The van der Waals surface area contributed by atoms with Crippen molar-refractivity contribution >= 4 is 28.7 Å². The maximum atomic E-state index is 12.8. The number of rotatable bonds is 7. The molecule has 8 nitrogen and oxygen atoms in total. The van der Waals surface area contributed by atoms with Gasteiger partial charge in [0.25, 0.3) is 5.56 Å². The van der Waals surface area contributed by atoms with Gasteiger partial charge in [-0.1, -0.05) is 23.7 Å². The lowest BCUT2D eigenvalue weighted by Gasteiger charge is -2.11. The van der Waals surface area contributed by atoms with E-state index < -0.39 is 5.69 Å². The highest BCUT2D eigenvalue weighted by Crippen LogP contribution is 2.19. The fraction of sp³-hybridized carbons (Fsp3) is 0.389. The maximum Gasteiger partial charge on any atom is 0.332 e. The Balaban J connectivity index is 2.14. The molecule has 0 radical (unpaired) electrons. The van der Waals surface area contributed by atoms with Gasteiger partial charge in [-0.15, -0.1) is 0 Å². The predicted molar refractivity (Wildman–Crippen MR) is 107 cm³/mol. The Hall–Kier alpha value is -2.58. The Morgan fingerprint density at radius 2 is 2.00 bits per heavy atom. The molecule has 2 heterocycles. The Morgan fingerprint density at radius 1 is 1.22 bits per heavy atom. The van der Waals surface area contributed by atoms with Crippen LogP contribution in [0.25, 0.3) is 11.2 Å². The number of nitrogens with one attached hydrogen (secondary N) is 1. The van der Waals surface area contributed by atoms with Crippen LogP contribution in [0.3, 0.4) is 0 Å². The molecule has 3 aromatic rings. The third-order valence-corrected chi connectivity index (χ3v) is 4.77. The molecule has 0 saturated carbocycles. The van der Waals surface area contributed by atoms with Gasteiger partial charge in [-0.2, -0.15) is 4.98 Å². The molecular weight excluding hydrogens is 368 g/mol. The zero-order valence-corrected chi connectivity index (χ0v) is 16.5. The molecule has 0 aliphatic heterocycles. The van der Waals surface area contributed by atoms with Crippen LogP contribution in [0.15, 0.2) is 33.9 Å². The smallest absolute Gasteiger partial charge is 0.332 e. The number of aryl methyl sites for hydroxylation is 1. The largest absolute Gasteiger partial charge is 0.355 e. The van der Waals surface area contributed by atoms with E-state index in [9.17, 15) is 9.59 Å². The molecule has 0 spiro atoms. The highest BCUT2D eigenvalue weighted by Gasteiger charge is 2.19. The molecule has 3 rings (SSSR count). The third-order valence-electron chi connectivity index (χ3n) is 4.53. The first-order valence-electron chi connectivity index (χ1n) is 8.86. The molecule has 0 bridgehead atoms. The minimum atomic E-state index is -0.396. The number of nitrogens with two attached hydrogens (primary N) is 1. The first-order valence-corrected chi connectivity index (χ1v) is 9.24. The van der Waals surface area contributed by atoms with Crippen molar-refractivity contribution in [2.24, 2.45) is 14.1 Å². The normalized spacial score (nSPS) is 11.3. The molecular formula is C18H24ClN6O2+. The van der Waals surface area contributed by atoms with Gasteiger partial charge >= 0.3 is 5.69 Å². The number of quaternary nitrogens is 1. The minimum Gasteiger partial charge on any atom is -0.355 e. The fourth-order valence-corrected chi connectivity index (χ4v) is 3.27. The van der Waals surface area contributed by atoms with E-state index in [1.54, 1.807) is 13.1 Å². The number of hydrogen-bond donors (Lipinski definition) is 2.